The van der Waals surface area contributed by atoms with E-state index in [0.29, 0.717) is 23.6 Å². The maximum Gasteiger partial charge on any atom is 0.280 e. The number of H-pyrrole nitrogens is 1. The summed E-state index contributed by atoms with van der Waals surface area (Å²) in [5.74, 6) is 0.254. The Bertz CT molecular complexity index is 1170. The number of ether oxygens (including phenoxy) is 1. The minimum absolute atomic E-state index is 0.176. The van der Waals surface area contributed by atoms with Crippen LogP contribution in [0.25, 0.3) is 16.9 Å². The fourth-order valence-electron chi connectivity index (χ4n) is 4.67. The summed E-state index contributed by atoms with van der Waals surface area (Å²) in [4.78, 5) is 30.3. The maximum atomic E-state index is 13.1. The normalized spacial score (nSPS) is 15.0. The molecule has 0 bridgehead atoms. The zero-order valence-electron chi connectivity index (χ0n) is 19.4. The number of aromatic nitrogens is 3. The minimum Gasteiger partial charge on any atom is -0.382 e. The topological polar surface area (TPSA) is 101 Å². The standard InChI is InChI=1S/C25H31N5O3/c1-17-12-18(13-26-2)6-8-20(17)21-15-28-30(24(21)32)22-9-7-19(14-27-22)23(31)29-25(16-33-3)10-4-5-11-25/h6-9,12,14-15,26,28H,4-5,10-11,13,16H2,1-3H3,(H,29,31). The van der Waals surface area contributed by atoms with Crippen LogP contribution in [0.15, 0.2) is 47.5 Å². The van der Waals surface area contributed by atoms with Crippen molar-refractivity contribution in [1.29, 1.82) is 0 Å². The number of nitrogens with one attached hydrogen (secondary N) is 3. The first-order chi connectivity index (χ1) is 16.0. The van der Waals surface area contributed by atoms with Crippen molar-refractivity contribution < 1.29 is 9.53 Å². The second-order valence-corrected chi connectivity index (χ2v) is 8.79. The molecule has 1 amide bonds. The first-order valence-electron chi connectivity index (χ1n) is 11.3. The summed E-state index contributed by atoms with van der Waals surface area (Å²) in [6, 6.07) is 9.43. The van der Waals surface area contributed by atoms with E-state index < -0.39 is 0 Å². The Hall–Kier alpha value is -3.23. The van der Waals surface area contributed by atoms with E-state index in [1.807, 2.05) is 26.1 Å². The van der Waals surface area contributed by atoms with Crippen LogP contribution in [-0.4, -0.2) is 47.0 Å². The zero-order valence-corrected chi connectivity index (χ0v) is 19.4. The fourth-order valence-corrected chi connectivity index (χ4v) is 4.67. The molecule has 2 heterocycles. The van der Waals surface area contributed by atoms with Crippen LogP contribution in [0.4, 0.5) is 0 Å². The number of rotatable bonds is 8. The van der Waals surface area contributed by atoms with Gasteiger partial charge in [-0.1, -0.05) is 31.0 Å². The molecule has 1 fully saturated rings. The largest absolute Gasteiger partial charge is 0.382 e. The van der Waals surface area contributed by atoms with Gasteiger partial charge >= 0.3 is 0 Å². The highest BCUT2D eigenvalue weighted by Crippen LogP contribution is 2.30. The van der Waals surface area contributed by atoms with E-state index in [1.165, 1.54) is 10.9 Å². The first-order valence-corrected chi connectivity index (χ1v) is 11.3. The van der Waals surface area contributed by atoms with Gasteiger partial charge < -0.3 is 15.4 Å². The third-order valence-electron chi connectivity index (χ3n) is 6.33. The Morgan fingerprint density at radius 2 is 2.00 bits per heavy atom. The van der Waals surface area contributed by atoms with E-state index >= 15 is 0 Å². The summed E-state index contributed by atoms with van der Waals surface area (Å²) in [5.41, 5.74) is 3.61. The highest BCUT2D eigenvalue weighted by molar-refractivity contribution is 5.94. The smallest absolute Gasteiger partial charge is 0.280 e. The summed E-state index contributed by atoms with van der Waals surface area (Å²) in [5, 5.41) is 9.27. The van der Waals surface area contributed by atoms with Crippen LogP contribution >= 0.6 is 0 Å². The number of amides is 1. The van der Waals surface area contributed by atoms with E-state index in [9.17, 15) is 9.59 Å². The molecule has 2 aromatic heterocycles. The van der Waals surface area contributed by atoms with Crippen molar-refractivity contribution in [2.75, 3.05) is 20.8 Å². The number of carbonyl (C=O) groups is 1. The number of carbonyl (C=O) groups excluding carboxylic acids is 1. The van der Waals surface area contributed by atoms with Gasteiger partial charge in [0.15, 0.2) is 5.82 Å². The molecule has 4 rings (SSSR count). The Kier molecular flexibility index (Phi) is 6.76. The van der Waals surface area contributed by atoms with Crippen molar-refractivity contribution in [3.8, 4) is 16.9 Å². The predicted octanol–water partition coefficient (Wildman–Crippen LogP) is 2.94. The van der Waals surface area contributed by atoms with E-state index in [2.05, 4.69) is 26.8 Å². The summed E-state index contributed by atoms with van der Waals surface area (Å²) in [7, 11) is 3.56. The van der Waals surface area contributed by atoms with Gasteiger partial charge in [-0.05, 0) is 55.6 Å². The molecule has 1 aliphatic rings. The van der Waals surface area contributed by atoms with E-state index in [1.54, 1.807) is 25.4 Å². The number of methoxy groups -OCH3 is 1. The van der Waals surface area contributed by atoms with Crippen molar-refractivity contribution >= 4 is 5.91 Å². The van der Waals surface area contributed by atoms with Crippen molar-refractivity contribution in [2.24, 2.45) is 0 Å². The third kappa shape index (κ3) is 4.77. The van der Waals surface area contributed by atoms with Gasteiger partial charge in [0.2, 0.25) is 0 Å². The van der Waals surface area contributed by atoms with E-state index in [4.69, 9.17) is 4.74 Å². The van der Waals surface area contributed by atoms with Crippen LogP contribution in [0, 0.1) is 6.92 Å². The Morgan fingerprint density at radius 1 is 1.21 bits per heavy atom. The van der Waals surface area contributed by atoms with Gasteiger partial charge in [-0.3, -0.25) is 14.7 Å². The van der Waals surface area contributed by atoms with Crippen molar-refractivity contribution in [2.45, 2.75) is 44.7 Å². The molecule has 0 saturated heterocycles. The number of aryl methyl sites for hydroxylation is 1. The van der Waals surface area contributed by atoms with E-state index in [-0.39, 0.29) is 17.0 Å². The molecule has 0 atom stereocenters. The number of hydrogen-bond acceptors (Lipinski definition) is 5. The molecule has 1 aromatic carbocycles. The lowest BCUT2D eigenvalue weighted by molar-refractivity contribution is 0.0767. The lowest BCUT2D eigenvalue weighted by atomic mass is 9.98. The number of pyridine rings is 1. The SMILES string of the molecule is CNCc1ccc(-c2c[nH]n(-c3ccc(C(=O)NC4(COC)CCCC4)cn3)c2=O)c(C)c1. The molecule has 1 saturated carbocycles. The molecule has 3 N–H and O–H groups in total. The average molecular weight is 450 g/mol. The molecule has 1 aliphatic carbocycles. The fraction of sp³-hybridized carbons (Fsp3) is 0.400. The summed E-state index contributed by atoms with van der Waals surface area (Å²) >= 11 is 0. The van der Waals surface area contributed by atoms with Crippen LogP contribution in [0.3, 0.4) is 0 Å². The maximum absolute atomic E-state index is 13.1. The number of hydrogen-bond donors (Lipinski definition) is 3. The van der Waals surface area contributed by atoms with Gasteiger partial charge in [-0.25, -0.2) is 9.67 Å². The molecule has 0 spiro atoms. The molecule has 33 heavy (non-hydrogen) atoms. The predicted molar refractivity (Wildman–Crippen MR) is 128 cm³/mol. The van der Waals surface area contributed by atoms with Gasteiger partial charge in [0.05, 0.1) is 23.3 Å². The molecule has 3 aromatic rings. The summed E-state index contributed by atoms with van der Waals surface area (Å²) in [6.07, 6.45) is 7.18. The highest BCUT2D eigenvalue weighted by Gasteiger charge is 2.35. The highest BCUT2D eigenvalue weighted by atomic mass is 16.5. The average Bonchev–Trinajstić information content (AvgIpc) is 3.41. The van der Waals surface area contributed by atoms with E-state index in [0.717, 1.165) is 48.9 Å². The Morgan fingerprint density at radius 3 is 2.64 bits per heavy atom. The van der Waals surface area contributed by atoms with Crippen LogP contribution < -0.4 is 16.2 Å². The molecule has 8 nitrogen and oxygen atoms in total. The van der Waals surface area contributed by atoms with Crippen LogP contribution in [-0.2, 0) is 11.3 Å². The molecule has 8 heteroatoms. The quantitative estimate of drug-likeness (QED) is 0.491. The van der Waals surface area contributed by atoms with Crippen LogP contribution in [0.5, 0.6) is 0 Å². The van der Waals surface area contributed by atoms with Gasteiger partial charge in [-0.2, -0.15) is 0 Å². The van der Waals surface area contributed by atoms with Gasteiger partial charge in [0, 0.05) is 26.0 Å². The molecule has 0 unspecified atom stereocenters. The first kappa shape index (κ1) is 22.9. The molecule has 0 radical (unpaired) electrons. The summed E-state index contributed by atoms with van der Waals surface area (Å²) in [6.45, 7) is 3.27. The molecule has 174 valence electrons. The number of benzene rings is 1. The number of aromatic amines is 1. The lowest BCUT2D eigenvalue weighted by Gasteiger charge is -2.29. The Labute approximate surface area is 193 Å². The molecular formula is C25H31N5O3. The van der Waals surface area contributed by atoms with Gasteiger partial charge in [0.25, 0.3) is 11.5 Å². The second-order valence-electron chi connectivity index (χ2n) is 8.79. The van der Waals surface area contributed by atoms with Crippen LogP contribution in [0.2, 0.25) is 0 Å². The monoisotopic (exact) mass is 449 g/mol. The molecular weight excluding hydrogens is 418 g/mol. The Balaban J connectivity index is 1.54. The van der Waals surface area contributed by atoms with Crippen LogP contribution in [0.1, 0.15) is 47.2 Å². The molecule has 0 aliphatic heterocycles. The third-order valence-corrected chi connectivity index (χ3v) is 6.33. The van der Waals surface area contributed by atoms with Crippen molar-refractivity contribution in [3.63, 3.8) is 0 Å². The van der Waals surface area contributed by atoms with Crippen molar-refractivity contribution in [3.05, 3.63) is 69.8 Å². The van der Waals surface area contributed by atoms with Gasteiger partial charge in [-0.15, -0.1) is 0 Å². The lowest BCUT2D eigenvalue weighted by Crippen LogP contribution is -2.49. The minimum atomic E-state index is -0.309. The second kappa shape index (κ2) is 9.72. The zero-order chi connectivity index (χ0) is 23.4. The van der Waals surface area contributed by atoms with Gasteiger partial charge in [0.1, 0.15) is 0 Å². The van der Waals surface area contributed by atoms with Crippen molar-refractivity contribution in [1.82, 2.24) is 25.4 Å². The summed E-state index contributed by atoms with van der Waals surface area (Å²) < 4.78 is 6.74. The number of nitrogens with zero attached hydrogens (tertiary/aromatic N) is 2.